The third kappa shape index (κ3) is 3.66. The second kappa shape index (κ2) is 10.4. The van der Waals surface area contributed by atoms with E-state index in [-0.39, 0.29) is 0 Å². The highest BCUT2D eigenvalue weighted by Gasteiger charge is 2.47. The Hall–Kier alpha value is -5.27. The average Bonchev–Trinajstić information content (AvgIpc) is 3.69. The molecule has 0 saturated heterocycles. The van der Waals surface area contributed by atoms with E-state index < -0.39 is 5.41 Å². The molecule has 1 heteroatoms. The lowest BCUT2D eigenvalue weighted by Gasteiger charge is -2.37. The van der Waals surface area contributed by atoms with Crippen molar-refractivity contribution in [2.75, 3.05) is 0 Å². The van der Waals surface area contributed by atoms with Gasteiger partial charge in [-0.3, -0.25) is 4.99 Å². The van der Waals surface area contributed by atoms with Gasteiger partial charge in [-0.2, -0.15) is 0 Å². The Morgan fingerprint density at radius 1 is 0.630 bits per heavy atom. The zero-order valence-corrected chi connectivity index (χ0v) is 26.3. The lowest BCUT2D eigenvalue weighted by atomic mass is 9.64. The minimum Gasteiger partial charge on any atom is -0.252 e. The molecule has 1 aliphatic heterocycles. The molecule has 1 nitrogen and oxygen atoms in total. The maximum absolute atomic E-state index is 5.13. The highest BCUT2D eigenvalue weighted by atomic mass is 14.8. The molecule has 3 aliphatic carbocycles. The van der Waals surface area contributed by atoms with Gasteiger partial charge in [-0.05, 0) is 109 Å². The standard InChI is InChI=1S/C43H29N.C2H6/c1-2-14-32(15-3-1)43(38-25-31-13-8-11-27-20-21-28-12-9-17-35(38)42(28)41(27)31)36-18-6-5-16-33(36)34-23-22-30(24-37(34)43)40-26-29-10-4-7-19-39(29)44-40;1-2/h1-10,12-20,22-25H,11,21,26H2;1-2H3. The molecule has 0 spiro atoms. The molecule has 1 atom stereocenters. The number of hydrogen-bond acceptors (Lipinski definition) is 1. The van der Waals surface area contributed by atoms with E-state index in [1.165, 1.54) is 77.5 Å². The van der Waals surface area contributed by atoms with Crippen molar-refractivity contribution in [3.05, 3.63) is 184 Å². The summed E-state index contributed by atoms with van der Waals surface area (Å²) in [6, 6.07) is 45.5. The second-order valence-electron chi connectivity index (χ2n) is 12.6. The van der Waals surface area contributed by atoms with Crippen LogP contribution >= 0.6 is 0 Å². The van der Waals surface area contributed by atoms with Crippen LogP contribution in [0.5, 0.6) is 0 Å². The van der Waals surface area contributed by atoms with Crippen LogP contribution in [-0.2, 0) is 18.3 Å². The van der Waals surface area contributed by atoms with Crippen LogP contribution in [-0.4, -0.2) is 5.71 Å². The first-order valence-corrected chi connectivity index (χ1v) is 16.7. The van der Waals surface area contributed by atoms with Gasteiger partial charge in [0.05, 0.1) is 16.8 Å². The van der Waals surface area contributed by atoms with Gasteiger partial charge in [0.15, 0.2) is 0 Å². The van der Waals surface area contributed by atoms with Crippen LogP contribution in [0.2, 0.25) is 0 Å². The predicted octanol–water partition coefficient (Wildman–Crippen LogP) is 11.3. The molecule has 46 heavy (non-hydrogen) atoms. The summed E-state index contributed by atoms with van der Waals surface area (Å²) in [6.07, 6.45) is 10.0. The van der Waals surface area contributed by atoms with Crippen LogP contribution in [0.3, 0.4) is 0 Å². The fraction of sp³-hybridized carbons (Fsp3) is 0.133. The number of para-hydroxylation sites is 1. The molecule has 10 rings (SSSR count). The van der Waals surface area contributed by atoms with Crippen molar-refractivity contribution in [1.29, 1.82) is 0 Å². The molecule has 0 amide bonds. The molecule has 0 bridgehead atoms. The van der Waals surface area contributed by atoms with Gasteiger partial charge >= 0.3 is 0 Å². The van der Waals surface area contributed by atoms with Gasteiger partial charge in [-0.1, -0.05) is 135 Å². The molecule has 0 saturated carbocycles. The highest BCUT2D eigenvalue weighted by molar-refractivity contribution is 6.09. The van der Waals surface area contributed by atoms with Crippen molar-refractivity contribution in [1.82, 2.24) is 0 Å². The predicted molar refractivity (Wildman–Crippen MR) is 194 cm³/mol. The molecule has 0 aromatic heterocycles. The van der Waals surface area contributed by atoms with E-state index >= 15 is 0 Å². The smallest absolute Gasteiger partial charge is 0.0719 e. The molecule has 0 fully saturated rings. The second-order valence-corrected chi connectivity index (χ2v) is 12.6. The van der Waals surface area contributed by atoms with Gasteiger partial charge in [-0.15, -0.1) is 0 Å². The van der Waals surface area contributed by atoms with Gasteiger partial charge in [0.1, 0.15) is 0 Å². The number of hydrogen-bond donors (Lipinski definition) is 0. The lowest BCUT2D eigenvalue weighted by molar-refractivity contribution is 0.775. The monoisotopic (exact) mass is 589 g/mol. The van der Waals surface area contributed by atoms with Crippen LogP contribution in [0.25, 0.3) is 33.5 Å². The normalized spacial score (nSPS) is 17.8. The molecule has 220 valence electrons. The summed E-state index contributed by atoms with van der Waals surface area (Å²) in [5.74, 6) is 0. The molecule has 1 heterocycles. The van der Waals surface area contributed by atoms with E-state index in [1.807, 2.05) is 13.8 Å². The summed E-state index contributed by atoms with van der Waals surface area (Å²) in [4.78, 5) is 5.13. The lowest BCUT2D eigenvalue weighted by Crippen LogP contribution is -2.29. The Labute approximate surface area is 271 Å². The Kier molecular flexibility index (Phi) is 6.12. The van der Waals surface area contributed by atoms with E-state index in [9.17, 15) is 0 Å². The molecule has 1 unspecified atom stereocenters. The van der Waals surface area contributed by atoms with Crippen molar-refractivity contribution in [2.24, 2.45) is 4.99 Å². The zero-order chi connectivity index (χ0) is 30.8. The zero-order valence-electron chi connectivity index (χ0n) is 26.3. The summed E-state index contributed by atoms with van der Waals surface area (Å²) >= 11 is 0. The minimum atomic E-state index is -0.477. The molecular formula is C45H35N. The van der Waals surface area contributed by atoms with Crippen molar-refractivity contribution in [2.45, 2.75) is 38.5 Å². The molecular weight excluding hydrogens is 555 g/mol. The van der Waals surface area contributed by atoms with Gasteiger partial charge < -0.3 is 0 Å². The van der Waals surface area contributed by atoms with E-state index in [0.29, 0.717) is 0 Å². The SMILES string of the molecule is C1=Cc2cc(C3(c4ccccc4)c4ccccc4-c4ccc(C5=Nc6ccccc6C5)cc43)c3cccc4c3c2C(=CC4)C1.CC. The number of fused-ring (bicyclic) bond motifs is 4. The maximum Gasteiger partial charge on any atom is 0.0719 e. The van der Waals surface area contributed by atoms with E-state index in [4.69, 9.17) is 4.99 Å². The van der Waals surface area contributed by atoms with Crippen LogP contribution in [0.15, 0.2) is 138 Å². The summed E-state index contributed by atoms with van der Waals surface area (Å²) in [5.41, 5.74) is 18.0. The first-order valence-electron chi connectivity index (χ1n) is 16.7. The van der Waals surface area contributed by atoms with Gasteiger partial charge in [0, 0.05) is 6.42 Å². The minimum absolute atomic E-state index is 0.477. The summed E-state index contributed by atoms with van der Waals surface area (Å²) < 4.78 is 0. The Bertz CT molecular complexity index is 2300. The number of rotatable bonds is 3. The first kappa shape index (κ1) is 27.1. The van der Waals surface area contributed by atoms with Crippen LogP contribution in [0.4, 0.5) is 5.69 Å². The van der Waals surface area contributed by atoms with Crippen molar-refractivity contribution in [3.8, 4) is 11.1 Å². The summed E-state index contributed by atoms with van der Waals surface area (Å²) in [7, 11) is 0. The maximum atomic E-state index is 5.13. The van der Waals surface area contributed by atoms with Crippen molar-refractivity contribution in [3.63, 3.8) is 0 Å². The third-order valence-electron chi connectivity index (χ3n) is 10.4. The van der Waals surface area contributed by atoms with Crippen LogP contribution < -0.4 is 0 Å². The fourth-order valence-corrected chi connectivity index (χ4v) is 8.57. The Balaban J connectivity index is 0.00000143. The van der Waals surface area contributed by atoms with Gasteiger partial charge in [-0.25, -0.2) is 0 Å². The number of nitrogens with zero attached hydrogens (tertiary/aromatic N) is 1. The van der Waals surface area contributed by atoms with Gasteiger partial charge in [0.25, 0.3) is 0 Å². The Morgan fingerprint density at radius 2 is 1.41 bits per heavy atom. The topological polar surface area (TPSA) is 12.4 Å². The molecule has 6 aromatic rings. The van der Waals surface area contributed by atoms with Crippen molar-refractivity contribution >= 4 is 33.8 Å². The number of allylic oxidation sites excluding steroid dienone is 3. The molecule has 4 aliphatic rings. The van der Waals surface area contributed by atoms with Crippen LogP contribution in [0.1, 0.15) is 70.3 Å². The number of benzene rings is 6. The first-order chi connectivity index (χ1) is 22.8. The largest absolute Gasteiger partial charge is 0.252 e. The van der Waals surface area contributed by atoms with E-state index in [1.54, 1.807) is 0 Å². The average molecular weight is 590 g/mol. The summed E-state index contributed by atoms with van der Waals surface area (Å²) in [6.45, 7) is 4.00. The number of aliphatic imine (C=N–C) groups is 1. The van der Waals surface area contributed by atoms with Gasteiger partial charge in [0.2, 0.25) is 0 Å². The molecule has 0 radical (unpaired) electrons. The molecule has 0 N–H and O–H groups in total. The van der Waals surface area contributed by atoms with E-state index in [2.05, 4.69) is 140 Å². The fourth-order valence-electron chi connectivity index (χ4n) is 8.57. The van der Waals surface area contributed by atoms with Crippen LogP contribution in [0, 0.1) is 0 Å². The highest BCUT2D eigenvalue weighted by Crippen LogP contribution is 2.58. The Morgan fingerprint density at radius 3 is 2.30 bits per heavy atom. The van der Waals surface area contributed by atoms with Crippen molar-refractivity contribution < 1.29 is 0 Å². The third-order valence-corrected chi connectivity index (χ3v) is 10.4. The quantitative estimate of drug-likeness (QED) is 0.194. The molecule has 6 aromatic carbocycles. The van der Waals surface area contributed by atoms with E-state index in [0.717, 1.165) is 30.7 Å². The summed E-state index contributed by atoms with van der Waals surface area (Å²) in [5, 5.41) is 2.81.